The molecule has 0 radical (unpaired) electrons. The third kappa shape index (κ3) is 5.77. The van der Waals surface area contributed by atoms with Gasteiger partial charge in [-0.3, -0.25) is 4.79 Å². The first kappa shape index (κ1) is 24.7. The number of hydrogen-bond donors (Lipinski definition) is 2. The summed E-state index contributed by atoms with van der Waals surface area (Å²) in [7, 11) is 0. The number of ether oxygens (including phenoxy) is 1. The minimum Gasteiger partial charge on any atom is -0.490 e. The van der Waals surface area contributed by atoms with Gasteiger partial charge in [-0.15, -0.1) is 0 Å². The molecular weight excluding hydrogens is 399 g/mol. The maximum absolute atomic E-state index is 15.1. The topological polar surface area (TPSA) is 78.9 Å². The Bertz CT molecular complexity index is 850. The average molecular weight is 435 g/mol. The first-order valence-corrected chi connectivity index (χ1v) is 11.0. The Kier molecular flexibility index (Phi) is 8.09. The van der Waals surface area contributed by atoms with Gasteiger partial charge in [-0.1, -0.05) is 34.6 Å². The summed E-state index contributed by atoms with van der Waals surface area (Å²) in [5.41, 5.74) is 1.37. The Hall–Kier alpha value is -2.57. The first-order chi connectivity index (χ1) is 14.5. The number of benzene rings is 1. The van der Waals surface area contributed by atoms with Crippen molar-refractivity contribution >= 4 is 12.0 Å². The lowest BCUT2D eigenvalue weighted by Crippen LogP contribution is -2.55. The minimum atomic E-state index is -0.969. The molecule has 0 saturated carbocycles. The van der Waals surface area contributed by atoms with Crippen molar-refractivity contribution < 1.29 is 23.8 Å². The van der Waals surface area contributed by atoms with Crippen LogP contribution in [0.5, 0.6) is 5.75 Å². The highest BCUT2D eigenvalue weighted by molar-refractivity contribution is 5.80. The molecule has 2 amide bonds. The van der Waals surface area contributed by atoms with Gasteiger partial charge in [0.15, 0.2) is 11.6 Å². The van der Waals surface area contributed by atoms with E-state index < -0.39 is 23.4 Å². The van der Waals surface area contributed by atoms with Crippen LogP contribution in [-0.4, -0.2) is 35.2 Å². The van der Waals surface area contributed by atoms with Crippen molar-refractivity contribution in [3.05, 3.63) is 40.8 Å². The smallest absolute Gasteiger partial charge is 0.322 e. The van der Waals surface area contributed by atoms with Crippen LogP contribution < -0.4 is 10.1 Å². The number of nitrogens with one attached hydrogen (secondary N) is 1. The van der Waals surface area contributed by atoms with Crippen LogP contribution in [0.15, 0.2) is 23.9 Å². The monoisotopic (exact) mass is 434 g/mol. The van der Waals surface area contributed by atoms with Gasteiger partial charge >= 0.3 is 12.0 Å². The fraction of sp³-hybridized carbons (Fsp3) is 0.583. The van der Waals surface area contributed by atoms with Crippen molar-refractivity contribution in [1.82, 2.24) is 10.2 Å². The Balaban J connectivity index is 2.44. The van der Waals surface area contributed by atoms with E-state index in [-0.39, 0.29) is 24.6 Å². The van der Waals surface area contributed by atoms with E-state index in [2.05, 4.69) is 19.2 Å². The highest BCUT2D eigenvalue weighted by Gasteiger charge is 2.40. The molecular formula is C24H35FN2O4. The molecule has 6 nitrogen and oxygen atoms in total. The zero-order chi connectivity index (χ0) is 23.3. The van der Waals surface area contributed by atoms with Crippen LogP contribution in [0.1, 0.15) is 65.5 Å². The summed E-state index contributed by atoms with van der Waals surface area (Å²) in [6.45, 7) is 12.5. The maximum Gasteiger partial charge on any atom is 0.322 e. The summed E-state index contributed by atoms with van der Waals surface area (Å²) in [6, 6.07) is 2.94. The average Bonchev–Trinajstić information content (AvgIpc) is 2.67. The minimum absolute atomic E-state index is 0.0491. The van der Waals surface area contributed by atoms with E-state index in [9.17, 15) is 9.59 Å². The van der Waals surface area contributed by atoms with E-state index in [1.165, 1.54) is 11.0 Å². The predicted molar refractivity (Wildman–Crippen MR) is 118 cm³/mol. The lowest BCUT2D eigenvalue weighted by atomic mass is 9.77. The third-order valence-electron chi connectivity index (χ3n) is 5.70. The highest BCUT2D eigenvalue weighted by atomic mass is 19.1. The zero-order valence-electron chi connectivity index (χ0n) is 19.4. The van der Waals surface area contributed by atoms with Crippen LogP contribution in [0, 0.1) is 17.7 Å². The Morgan fingerprint density at radius 2 is 1.97 bits per heavy atom. The van der Waals surface area contributed by atoms with E-state index in [1.54, 1.807) is 6.20 Å². The van der Waals surface area contributed by atoms with Crippen molar-refractivity contribution in [2.45, 2.75) is 66.3 Å². The van der Waals surface area contributed by atoms with Crippen molar-refractivity contribution in [2.75, 3.05) is 13.2 Å². The summed E-state index contributed by atoms with van der Waals surface area (Å²) in [5.74, 6) is -0.622. The SMILES string of the molecule is CCc1cc([C@]2(C)NC(=O)N(CCC(=O)O)C=C2C(C)C)cc(F)c1OCCC(C)C. The standard InChI is InChI=1S/C24H35FN2O4/c1-7-17-12-18(13-20(25)22(17)31-11-9-15(2)3)24(6)19(16(4)5)14-27(23(30)26-24)10-8-21(28)29/h12-16H,7-11H2,1-6H3,(H,26,30)(H,28,29)/t24-/m0/s1. The van der Waals surface area contributed by atoms with Crippen LogP contribution in [-0.2, 0) is 16.8 Å². The molecule has 0 unspecified atom stereocenters. The van der Waals surface area contributed by atoms with E-state index in [0.29, 0.717) is 24.5 Å². The summed E-state index contributed by atoms with van der Waals surface area (Å²) < 4.78 is 20.9. The molecule has 1 atom stereocenters. The normalized spacial score (nSPS) is 18.9. The second kappa shape index (κ2) is 10.2. The molecule has 0 saturated heterocycles. The Morgan fingerprint density at radius 1 is 1.29 bits per heavy atom. The van der Waals surface area contributed by atoms with Gasteiger partial charge in [-0.2, -0.15) is 0 Å². The number of halogens is 1. The molecule has 0 bridgehead atoms. The van der Waals surface area contributed by atoms with E-state index in [1.807, 2.05) is 33.8 Å². The lowest BCUT2D eigenvalue weighted by Gasteiger charge is -2.42. The zero-order valence-corrected chi connectivity index (χ0v) is 19.4. The van der Waals surface area contributed by atoms with Gasteiger partial charge in [0.1, 0.15) is 0 Å². The van der Waals surface area contributed by atoms with Crippen LogP contribution in [0.4, 0.5) is 9.18 Å². The second-order valence-corrected chi connectivity index (χ2v) is 8.96. The molecule has 2 N–H and O–H groups in total. The fourth-order valence-electron chi connectivity index (χ4n) is 3.82. The van der Waals surface area contributed by atoms with Gasteiger partial charge in [0.2, 0.25) is 0 Å². The first-order valence-electron chi connectivity index (χ1n) is 11.0. The second-order valence-electron chi connectivity index (χ2n) is 8.96. The Labute approximate surface area is 184 Å². The van der Waals surface area contributed by atoms with Gasteiger partial charge < -0.3 is 20.1 Å². The number of carboxylic acids is 1. The van der Waals surface area contributed by atoms with Crippen LogP contribution in [0.3, 0.4) is 0 Å². The number of carboxylic acid groups (broad SMARTS) is 1. The quantitative estimate of drug-likeness (QED) is 0.539. The molecule has 0 aliphatic carbocycles. The lowest BCUT2D eigenvalue weighted by molar-refractivity contribution is -0.137. The van der Waals surface area contributed by atoms with Crippen molar-refractivity contribution in [3.8, 4) is 5.75 Å². The van der Waals surface area contributed by atoms with Gasteiger partial charge in [-0.25, -0.2) is 9.18 Å². The molecule has 2 rings (SSSR count). The number of carbonyl (C=O) groups excluding carboxylic acids is 1. The molecule has 0 aromatic heterocycles. The molecule has 1 aliphatic heterocycles. The van der Waals surface area contributed by atoms with Crippen LogP contribution in [0.2, 0.25) is 0 Å². The van der Waals surface area contributed by atoms with E-state index in [4.69, 9.17) is 9.84 Å². The number of urea groups is 1. The molecule has 1 aromatic carbocycles. The molecule has 0 spiro atoms. The molecule has 0 fully saturated rings. The summed E-state index contributed by atoms with van der Waals surface area (Å²) in [5, 5.41) is 11.9. The Morgan fingerprint density at radius 3 is 2.52 bits per heavy atom. The van der Waals surface area contributed by atoms with Crippen LogP contribution in [0.25, 0.3) is 0 Å². The molecule has 172 valence electrons. The molecule has 31 heavy (non-hydrogen) atoms. The van der Waals surface area contributed by atoms with Crippen molar-refractivity contribution in [2.24, 2.45) is 11.8 Å². The molecule has 1 heterocycles. The third-order valence-corrected chi connectivity index (χ3v) is 5.70. The molecule has 1 aliphatic rings. The van der Waals surface area contributed by atoms with Crippen molar-refractivity contribution in [3.63, 3.8) is 0 Å². The highest BCUT2D eigenvalue weighted by Crippen LogP contribution is 2.39. The summed E-state index contributed by atoms with van der Waals surface area (Å²) in [4.78, 5) is 25.0. The number of amides is 2. The largest absolute Gasteiger partial charge is 0.490 e. The molecule has 7 heteroatoms. The van der Waals surface area contributed by atoms with E-state index in [0.717, 1.165) is 17.6 Å². The molecule has 1 aromatic rings. The van der Waals surface area contributed by atoms with Gasteiger partial charge in [0, 0.05) is 12.7 Å². The van der Waals surface area contributed by atoms with Gasteiger partial charge in [-0.05, 0) is 60.4 Å². The predicted octanol–water partition coefficient (Wildman–Crippen LogP) is 5.07. The summed E-state index contributed by atoms with van der Waals surface area (Å²) >= 11 is 0. The number of rotatable bonds is 10. The van der Waals surface area contributed by atoms with Crippen molar-refractivity contribution in [1.29, 1.82) is 0 Å². The maximum atomic E-state index is 15.1. The van der Waals surface area contributed by atoms with Gasteiger partial charge in [0.25, 0.3) is 0 Å². The number of aliphatic carboxylic acids is 1. The number of carbonyl (C=O) groups is 2. The summed E-state index contributed by atoms with van der Waals surface area (Å²) in [6.07, 6.45) is 2.99. The van der Waals surface area contributed by atoms with Crippen LogP contribution >= 0.6 is 0 Å². The van der Waals surface area contributed by atoms with Gasteiger partial charge in [0.05, 0.1) is 18.6 Å². The number of hydrogen-bond acceptors (Lipinski definition) is 3. The van der Waals surface area contributed by atoms with E-state index >= 15 is 4.39 Å². The number of nitrogens with zero attached hydrogens (tertiary/aromatic N) is 1. The fourth-order valence-corrected chi connectivity index (χ4v) is 3.82. The number of aryl methyl sites for hydroxylation is 1.